The Morgan fingerprint density at radius 1 is 1.18 bits per heavy atom. The highest BCUT2D eigenvalue weighted by molar-refractivity contribution is 5.20. The van der Waals surface area contributed by atoms with Crippen LogP contribution in [-0.2, 0) is 0 Å². The van der Waals surface area contributed by atoms with Crippen LogP contribution in [0.25, 0.3) is 0 Å². The lowest BCUT2D eigenvalue weighted by Crippen LogP contribution is -2.43. The minimum Gasteiger partial charge on any atom is -0.314 e. The predicted octanol–water partition coefficient (Wildman–Crippen LogP) is 1.29. The SMILES string of the molecule is Cc1nc(C2CCC2)cc(C2CNCCN2)n1. The van der Waals surface area contributed by atoms with E-state index in [-0.39, 0.29) is 0 Å². The average molecular weight is 232 g/mol. The molecular formula is C13H20N4. The van der Waals surface area contributed by atoms with E-state index < -0.39 is 0 Å². The molecule has 1 aliphatic carbocycles. The minimum atomic E-state index is 0.351. The Balaban J connectivity index is 1.84. The Kier molecular flexibility index (Phi) is 3.07. The maximum atomic E-state index is 4.59. The summed E-state index contributed by atoms with van der Waals surface area (Å²) < 4.78 is 0. The second-order valence-corrected chi connectivity index (χ2v) is 5.10. The Labute approximate surface area is 102 Å². The van der Waals surface area contributed by atoms with Gasteiger partial charge in [0.1, 0.15) is 5.82 Å². The first-order valence-electron chi connectivity index (χ1n) is 6.62. The van der Waals surface area contributed by atoms with Crippen molar-refractivity contribution in [3.05, 3.63) is 23.3 Å². The molecule has 0 bridgehead atoms. The molecule has 92 valence electrons. The van der Waals surface area contributed by atoms with Crippen molar-refractivity contribution in [2.75, 3.05) is 19.6 Å². The summed E-state index contributed by atoms with van der Waals surface area (Å²) in [5.74, 6) is 1.60. The van der Waals surface area contributed by atoms with Gasteiger partial charge in [-0.05, 0) is 25.8 Å². The van der Waals surface area contributed by atoms with Gasteiger partial charge in [-0.2, -0.15) is 0 Å². The van der Waals surface area contributed by atoms with E-state index >= 15 is 0 Å². The lowest BCUT2D eigenvalue weighted by Gasteiger charge is -2.28. The zero-order valence-electron chi connectivity index (χ0n) is 10.4. The summed E-state index contributed by atoms with van der Waals surface area (Å²) in [5.41, 5.74) is 2.41. The second kappa shape index (κ2) is 4.70. The minimum absolute atomic E-state index is 0.351. The molecule has 0 amide bonds. The summed E-state index contributed by atoms with van der Waals surface area (Å²) in [6, 6.07) is 2.56. The van der Waals surface area contributed by atoms with Crippen LogP contribution in [0.5, 0.6) is 0 Å². The number of hydrogen-bond donors (Lipinski definition) is 2. The lowest BCUT2D eigenvalue weighted by atomic mass is 9.82. The van der Waals surface area contributed by atoms with Crippen LogP contribution in [-0.4, -0.2) is 29.6 Å². The van der Waals surface area contributed by atoms with Gasteiger partial charge in [0.15, 0.2) is 0 Å². The molecule has 1 aromatic rings. The molecule has 0 spiro atoms. The molecule has 1 atom stereocenters. The van der Waals surface area contributed by atoms with Crippen LogP contribution in [0.4, 0.5) is 0 Å². The molecule has 2 N–H and O–H groups in total. The fourth-order valence-electron chi connectivity index (χ4n) is 2.57. The van der Waals surface area contributed by atoms with Gasteiger partial charge in [-0.1, -0.05) is 6.42 Å². The molecule has 17 heavy (non-hydrogen) atoms. The van der Waals surface area contributed by atoms with Crippen molar-refractivity contribution in [3.8, 4) is 0 Å². The number of nitrogens with one attached hydrogen (secondary N) is 2. The predicted molar refractivity (Wildman–Crippen MR) is 67.0 cm³/mol. The molecule has 1 aromatic heterocycles. The van der Waals surface area contributed by atoms with Crippen LogP contribution in [0.1, 0.15) is 48.4 Å². The van der Waals surface area contributed by atoms with Crippen LogP contribution in [0.3, 0.4) is 0 Å². The standard InChI is InChI=1S/C13H20N4/c1-9-16-11(10-3-2-4-10)7-12(17-9)13-8-14-5-6-15-13/h7,10,13-15H,2-6,8H2,1H3. The topological polar surface area (TPSA) is 49.8 Å². The van der Waals surface area contributed by atoms with Crippen molar-refractivity contribution in [2.45, 2.75) is 38.1 Å². The molecule has 0 radical (unpaired) electrons. The number of rotatable bonds is 2. The molecule has 4 heteroatoms. The Morgan fingerprint density at radius 3 is 2.65 bits per heavy atom. The van der Waals surface area contributed by atoms with Gasteiger partial charge in [0.2, 0.25) is 0 Å². The molecule has 2 heterocycles. The second-order valence-electron chi connectivity index (χ2n) is 5.10. The van der Waals surface area contributed by atoms with Crippen LogP contribution in [0.2, 0.25) is 0 Å². The highest BCUT2D eigenvalue weighted by atomic mass is 15.1. The third-order valence-electron chi connectivity index (χ3n) is 3.80. The van der Waals surface area contributed by atoms with Gasteiger partial charge in [-0.15, -0.1) is 0 Å². The van der Waals surface area contributed by atoms with E-state index in [1.54, 1.807) is 0 Å². The zero-order chi connectivity index (χ0) is 11.7. The molecule has 1 saturated heterocycles. The molecule has 4 nitrogen and oxygen atoms in total. The third kappa shape index (κ3) is 2.33. The molecule has 1 aliphatic heterocycles. The maximum Gasteiger partial charge on any atom is 0.125 e. The average Bonchev–Trinajstić information content (AvgIpc) is 2.27. The fourth-order valence-corrected chi connectivity index (χ4v) is 2.57. The Morgan fingerprint density at radius 2 is 2.00 bits per heavy atom. The van der Waals surface area contributed by atoms with Crippen LogP contribution >= 0.6 is 0 Å². The number of aryl methyl sites for hydroxylation is 1. The van der Waals surface area contributed by atoms with Crippen molar-refractivity contribution in [1.29, 1.82) is 0 Å². The van der Waals surface area contributed by atoms with E-state index in [4.69, 9.17) is 0 Å². The highest BCUT2D eigenvalue weighted by Crippen LogP contribution is 2.35. The van der Waals surface area contributed by atoms with Gasteiger partial charge < -0.3 is 10.6 Å². The monoisotopic (exact) mass is 232 g/mol. The first kappa shape index (κ1) is 11.1. The van der Waals surface area contributed by atoms with E-state index in [0.717, 1.165) is 31.2 Å². The van der Waals surface area contributed by atoms with Crippen LogP contribution < -0.4 is 10.6 Å². The van der Waals surface area contributed by atoms with Crippen molar-refractivity contribution in [3.63, 3.8) is 0 Å². The quantitative estimate of drug-likeness (QED) is 0.806. The highest BCUT2D eigenvalue weighted by Gasteiger charge is 2.23. The maximum absolute atomic E-state index is 4.59. The number of nitrogens with zero attached hydrogens (tertiary/aromatic N) is 2. The molecule has 3 rings (SSSR count). The smallest absolute Gasteiger partial charge is 0.125 e. The zero-order valence-corrected chi connectivity index (χ0v) is 10.4. The van der Waals surface area contributed by atoms with Gasteiger partial charge in [0, 0.05) is 31.2 Å². The first-order chi connectivity index (χ1) is 8.33. The largest absolute Gasteiger partial charge is 0.314 e. The van der Waals surface area contributed by atoms with E-state index in [1.807, 2.05) is 6.92 Å². The number of hydrogen-bond acceptors (Lipinski definition) is 4. The van der Waals surface area contributed by atoms with Crippen molar-refractivity contribution < 1.29 is 0 Å². The molecule has 2 aliphatic rings. The van der Waals surface area contributed by atoms with Gasteiger partial charge in [0.25, 0.3) is 0 Å². The van der Waals surface area contributed by atoms with Crippen LogP contribution in [0, 0.1) is 6.92 Å². The fraction of sp³-hybridized carbons (Fsp3) is 0.692. The van der Waals surface area contributed by atoms with Gasteiger partial charge in [-0.3, -0.25) is 0 Å². The molecule has 0 aromatic carbocycles. The van der Waals surface area contributed by atoms with E-state index in [1.165, 1.54) is 25.0 Å². The van der Waals surface area contributed by atoms with Crippen LogP contribution in [0.15, 0.2) is 6.07 Å². The first-order valence-corrected chi connectivity index (χ1v) is 6.62. The summed E-state index contributed by atoms with van der Waals surface area (Å²) in [6.07, 6.45) is 3.95. The summed E-state index contributed by atoms with van der Waals surface area (Å²) in [4.78, 5) is 9.18. The summed E-state index contributed by atoms with van der Waals surface area (Å²) in [5, 5.41) is 6.92. The Bertz CT molecular complexity index is 394. The molecule has 1 unspecified atom stereocenters. The lowest BCUT2D eigenvalue weighted by molar-refractivity contribution is 0.401. The van der Waals surface area contributed by atoms with E-state index in [2.05, 4.69) is 26.7 Å². The van der Waals surface area contributed by atoms with Crippen molar-refractivity contribution >= 4 is 0 Å². The van der Waals surface area contributed by atoms with E-state index in [0.29, 0.717) is 12.0 Å². The van der Waals surface area contributed by atoms with Crippen molar-refractivity contribution in [1.82, 2.24) is 20.6 Å². The Hall–Kier alpha value is -1.00. The molecular weight excluding hydrogens is 212 g/mol. The van der Waals surface area contributed by atoms with Crippen molar-refractivity contribution in [2.24, 2.45) is 0 Å². The third-order valence-corrected chi connectivity index (χ3v) is 3.80. The summed E-state index contributed by atoms with van der Waals surface area (Å²) >= 11 is 0. The molecule has 1 saturated carbocycles. The van der Waals surface area contributed by atoms with Gasteiger partial charge in [-0.25, -0.2) is 9.97 Å². The molecule has 2 fully saturated rings. The normalized spacial score (nSPS) is 25.6. The van der Waals surface area contributed by atoms with Gasteiger partial charge in [0.05, 0.1) is 11.7 Å². The van der Waals surface area contributed by atoms with E-state index in [9.17, 15) is 0 Å². The number of piperazine rings is 1. The summed E-state index contributed by atoms with van der Waals surface area (Å²) in [6.45, 7) is 5.05. The number of aromatic nitrogens is 2. The van der Waals surface area contributed by atoms with Gasteiger partial charge >= 0.3 is 0 Å². The summed E-state index contributed by atoms with van der Waals surface area (Å²) in [7, 11) is 0.